The molecular weight excluding hydrogens is 320 g/mol. The average Bonchev–Trinajstić information content (AvgIpc) is 2.89. The number of hydrogen-bond acceptors (Lipinski definition) is 6. The molecule has 1 amide bonds. The van der Waals surface area contributed by atoms with Gasteiger partial charge in [-0.15, -0.1) is 0 Å². The number of rotatable bonds is 2. The lowest BCUT2D eigenvalue weighted by molar-refractivity contribution is -0.128. The summed E-state index contributed by atoms with van der Waals surface area (Å²) in [5, 5.41) is 42.9. The summed E-state index contributed by atoms with van der Waals surface area (Å²) in [6.07, 6.45) is -0.287. The Morgan fingerprint density at radius 3 is 2.28 bits per heavy atom. The number of carbonyl (C=O) groups is 1. The summed E-state index contributed by atoms with van der Waals surface area (Å²) in [5.74, 6) is -1.65. The van der Waals surface area contributed by atoms with Crippen molar-refractivity contribution >= 4 is 5.91 Å². The minimum Gasteiger partial charge on any atom is -0.497 e. The largest absolute Gasteiger partial charge is 0.497 e. The third-order valence-corrected chi connectivity index (χ3v) is 5.66. The number of ether oxygens (including phenoxy) is 1. The van der Waals surface area contributed by atoms with Crippen LogP contribution in [0.3, 0.4) is 0 Å². The molecule has 1 aliphatic carbocycles. The molecule has 2 fully saturated rings. The van der Waals surface area contributed by atoms with E-state index in [0.717, 1.165) is 0 Å². The van der Waals surface area contributed by atoms with Gasteiger partial charge in [-0.2, -0.15) is 15.8 Å². The third-order valence-electron chi connectivity index (χ3n) is 5.66. The molecule has 0 spiro atoms. The van der Waals surface area contributed by atoms with E-state index in [-0.39, 0.29) is 6.42 Å². The highest BCUT2D eigenvalue weighted by molar-refractivity contribution is 5.92. The van der Waals surface area contributed by atoms with Crippen LogP contribution in [0.1, 0.15) is 24.8 Å². The molecule has 2 N–H and O–H groups in total. The van der Waals surface area contributed by atoms with Gasteiger partial charge in [0.2, 0.25) is 5.91 Å². The van der Waals surface area contributed by atoms with Crippen molar-refractivity contribution in [3.05, 3.63) is 29.8 Å². The normalized spacial score (nSPS) is 35.0. The molecule has 0 unspecified atom stereocenters. The Morgan fingerprint density at radius 1 is 1.20 bits per heavy atom. The predicted molar refractivity (Wildman–Crippen MR) is 84.3 cm³/mol. The highest BCUT2D eigenvalue weighted by atomic mass is 16.5. The van der Waals surface area contributed by atoms with Crippen LogP contribution in [-0.2, 0) is 4.79 Å². The molecule has 1 heterocycles. The topological polar surface area (TPSA) is 130 Å². The second kappa shape index (κ2) is 5.21. The maximum Gasteiger partial charge on any atom is 0.245 e. The third kappa shape index (κ3) is 1.83. The van der Waals surface area contributed by atoms with Gasteiger partial charge in [0.15, 0.2) is 10.8 Å². The van der Waals surface area contributed by atoms with Crippen molar-refractivity contribution in [3.63, 3.8) is 0 Å². The zero-order valence-electron chi connectivity index (χ0n) is 13.8. The van der Waals surface area contributed by atoms with Gasteiger partial charge in [0.25, 0.3) is 0 Å². The lowest BCUT2D eigenvalue weighted by Crippen LogP contribution is -2.56. The number of nitriles is 3. The highest BCUT2D eigenvalue weighted by Gasteiger charge is 2.76. The smallest absolute Gasteiger partial charge is 0.245 e. The molecule has 25 heavy (non-hydrogen) atoms. The zero-order chi connectivity index (χ0) is 18.5. The van der Waals surface area contributed by atoms with E-state index in [9.17, 15) is 25.7 Å². The van der Waals surface area contributed by atoms with Gasteiger partial charge in [0, 0.05) is 18.3 Å². The Hall–Kier alpha value is -3.08. The molecule has 7 heteroatoms. The maximum absolute atomic E-state index is 12.6. The minimum absolute atomic E-state index is 0.287. The maximum atomic E-state index is 12.6. The molecule has 7 nitrogen and oxygen atoms in total. The van der Waals surface area contributed by atoms with Crippen LogP contribution in [-0.4, -0.2) is 23.8 Å². The van der Waals surface area contributed by atoms with Crippen LogP contribution in [0.5, 0.6) is 5.75 Å². The van der Waals surface area contributed by atoms with E-state index < -0.39 is 34.3 Å². The van der Waals surface area contributed by atoms with Gasteiger partial charge in [-0.25, -0.2) is 0 Å². The molecule has 1 aromatic rings. The van der Waals surface area contributed by atoms with Crippen molar-refractivity contribution in [2.45, 2.75) is 25.0 Å². The van der Waals surface area contributed by atoms with Crippen LogP contribution < -0.4 is 10.1 Å². The van der Waals surface area contributed by atoms with Gasteiger partial charge in [0.1, 0.15) is 11.5 Å². The summed E-state index contributed by atoms with van der Waals surface area (Å²) in [5.41, 5.74) is -4.90. The van der Waals surface area contributed by atoms with E-state index in [0.29, 0.717) is 11.3 Å². The minimum atomic E-state index is -1.93. The fraction of sp³-hybridized carbons (Fsp3) is 0.444. The van der Waals surface area contributed by atoms with Crippen LogP contribution >= 0.6 is 0 Å². The van der Waals surface area contributed by atoms with Crippen molar-refractivity contribution in [2.75, 3.05) is 7.11 Å². The number of nitrogens with zero attached hydrogens (tertiary/aromatic N) is 3. The number of amides is 1. The van der Waals surface area contributed by atoms with Crippen LogP contribution in [0.25, 0.3) is 0 Å². The molecule has 3 rings (SSSR count). The first-order chi connectivity index (χ1) is 11.8. The van der Waals surface area contributed by atoms with E-state index in [4.69, 9.17) is 4.74 Å². The first-order valence-electron chi connectivity index (χ1n) is 7.77. The number of methoxy groups -OCH3 is 1. The Balaban J connectivity index is 2.28. The Morgan fingerprint density at radius 2 is 1.80 bits per heavy atom. The van der Waals surface area contributed by atoms with Gasteiger partial charge in [-0.1, -0.05) is 19.1 Å². The summed E-state index contributed by atoms with van der Waals surface area (Å²) in [7, 11) is 1.52. The summed E-state index contributed by atoms with van der Waals surface area (Å²) >= 11 is 0. The van der Waals surface area contributed by atoms with Crippen molar-refractivity contribution < 1.29 is 14.6 Å². The molecule has 0 radical (unpaired) electrons. The quantitative estimate of drug-likeness (QED) is 0.834. The number of nitrogens with one attached hydrogen (secondary N) is 1. The van der Waals surface area contributed by atoms with Gasteiger partial charge in [-0.3, -0.25) is 4.79 Å². The van der Waals surface area contributed by atoms with Crippen LogP contribution in [0.15, 0.2) is 24.3 Å². The number of hydrogen-bond donors (Lipinski definition) is 2. The first-order valence-corrected chi connectivity index (χ1v) is 7.77. The Labute approximate surface area is 145 Å². The monoisotopic (exact) mass is 336 g/mol. The molecule has 2 bridgehead atoms. The van der Waals surface area contributed by atoms with Crippen molar-refractivity contribution in [1.29, 1.82) is 15.8 Å². The first kappa shape index (κ1) is 16.8. The molecule has 126 valence electrons. The second-order valence-corrected chi connectivity index (χ2v) is 6.64. The number of carbonyl (C=O) groups excluding carboxylic acids is 1. The summed E-state index contributed by atoms with van der Waals surface area (Å²) < 4.78 is 5.12. The average molecular weight is 336 g/mol. The molecule has 0 aromatic heterocycles. The van der Waals surface area contributed by atoms with Crippen molar-refractivity contribution in [3.8, 4) is 24.0 Å². The van der Waals surface area contributed by atoms with Crippen LogP contribution in [0.4, 0.5) is 0 Å². The lowest BCUT2D eigenvalue weighted by atomic mass is 9.49. The molecule has 1 aliphatic heterocycles. The highest BCUT2D eigenvalue weighted by Crippen LogP contribution is 2.64. The van der Waals surface area contributed by atoms with Gasteiger partial charge in [-0.05, 0) is 17.7 Å². The summed E-state index contributed by atoms with van der Waals surface area (Å²) in [4.78, 5) is 12.6. The van der Waals surface area contributed by atoms with Gasteiger partial charge < -0.3 is 15.2 Å². The lowest BCUT2D eigenvalue weighted by Gasteiger charge is -2.48. The molecule has 2 aliphatic rings. The Bertz CT molecular complexity index is 846. The van der Waals surface area contributed by atoms with Gasteiger partial charge >= 0.3 is 0 Å². The Kier molecular flexibility index (Phi) is 3.49. The standard InChI is InChI=1S/C18H16N4O3/c1-11-14(12-3-5-13(25-2)6-4-12)17(9-20,10-21)16(8-19)7-18(11,24)22-15(16)23/h3-6,11,14,24H,7H2,1-2H3,(H,22,23)/t11-,14+,16-,18+/m0/s1. The summed E-state index contributed by atoms with van der Waals surface area (Å²) in [6, 6.07) is 12.5. The van der Waals surface area contributed by atoms with E-state index in [2.05, 4.69) is 5.32 Å². The molecule has 1 aromatic carbocycles. The number of fused-ring (bicyclic) bond motifs is 2. The van der Waals surface area contributed by atoms with Crippen LogP contribution in [0.2, 0.25) is 0 Å². The zero-order valence-corrected chi connectivity index (χ0v) is 13.8. The van der Waals surface area contributed by atoms with Crippen LogP contribution in [0, 0.1) is 50.7 Å². The second-order valence-electron chi connectivity index (χ2n) is 6.64. The van der Waals surface area contributed by atoms with Crippen molar-refractivity contribution in [1.82, 2.24) is 5.32 Å². The number of aliphatic hydroxyl groups is 1. The van der Waals surface area contributed by atoms with E-state index in [1.165, 1.54) is 7.11 Å². The van der Waals surface area contributed by atoms with E-state index in [1.807, 2.05) is 18.2 Å². The van der Waals surface area contributed by atoms with E-state index >= 15 is 0 Å². The molecule has 1 saturated carbocycles. The summed E-state index contributed by atoms with van der Waals surface area (Å²) in [6.45, 7) is 1.67. The molecule has 4 atom stereocenters. The predicted octanol–water partition coefficient (Wildman–Crippen LogP) is 1.18. The van der Waals surface area contributed by atoms with Gasteiger partial charge in [0.05, 0.1) is 25.3 Å². The van der Waals surface area contributed by atoms with Crippen molar-refractivity contribution in [2.24, 2.45) is 16.7 Å². The molecular formula is C18H16N4O3. The van der Waals surface area contributed by atoms with E-state index in [1.54, 1.807) is 31.2 Å². The fourth-order valence-electron chi connectivity index (χ4n) is 4.22. The SMILES string of the molecule is COc1ccc([C@H]2[C@H](C)[C@]3(O)C[C@](C#N)(C(=O)N3)C2(C#N)C#N)cc1. The molecule has 1 saturated heterocycles. The number of benzene rings is 1. The fourth-order valence-corrected chi connectivity index (χ4v) is 4.22.